The fraction of sp³-hybridized carbons (Fsp3) is 0.280. The first-order valence-corrected chi connectivity index (χ1v) is 11.9. The number of anilines is 1. The Kier molecular flexibility index (Phi) is 7.87. The van der Waals surface area contributed by atoms with Gasteiger partial charge in [-0.3, -0.25) is 9.59 Å². The molecule has 0 fully saturated rings. The van der Waals surface area contributed by atoms with E-state index in [1.165, 1.54) is 0 Å². The SMILES string of the molecule is C[C@@H]1CN(C(=O)c2ccc(-n3cccn3)cc2Cl)c2ccccc2CN1C(=O)NCC(=O)NCCO. The Bertz CT molecular complexity index is 1250. The fourth-order valence-electron chi connectivity index (χ4n) is 4.07. The van der Waals surface area contributed by atoms with Gasteiger partial charge in [-0.2, -0.15) is 5.10 Å². The van der Waals surface area contributed by atoms with E-state index in [1.807, 2.05) is 31.2 Å². The zero-order chi connectivity index (χ0) is 25.7. The van der Waals surface area contributed by atoms with Gasteiger partial charge in [0.2, 0.25) is 5.91 Å². The maximum Gasteiger partial charge on any atom is 0.318 e. The van der Waals surface area contributed by atoms with Gasteiger partial charge in [-0.25, -0.2) is 9.48 Å². The average molecular weight is 511 g/mol. The van der Waals surface area contributed by atoms with Gasteiger partial charge in [-0.15, -0.1) is 0 Å². The number of rotatable bonds is 6. The number of urea groups is 1. The molecule has 1 aliphatic rings. The zero-order valence-electron chi connectivity index (χ0n) is 19.7. The van der Waals surface area contributed by atoms with E-state index in [2.05, 4.69) is 15.7 Å². The molecule has 2 heterocycles. The summed E-state index contributed by atoms with van der Waals surface area (Å²) in [6.45, 7) is 2.06. The van der Waals surface area contributed by atoms with Crippen molar-refractivity contribution in [2.24, 2.45) is 0 Å². The summed E-state index contributed by atoms with van der Waals surface area (Å²) in [5.41, 5.74) is 2.56. The van der Waals surface area contributed by atoms with Crippen molar-refractivity contribution in [3.05, 3.63) is 77.1 Å². The number of halogens is 1. The molecule has 3 aromatic rings. The monoisotopic (exact) mass is 510 g/mol. The van der Waals surface area contributed by atoms with Gasteiger partial charge >= 0.3 is 6.03 Å². The van der Waals surface area contributed by atoms with E-state index in [1.54, 1.807) is 51.1 Å². The van der Waals surface area contributed by atoms with Crippen LogP contribution in [0, 0.1) is 0 Å². The van der Waals surface area contributed by atoms with Crippen LogP contribution in [0.1, 0.15) is 22.8 Å². The van der Waals surface area contributed by atoms with Crippen molar-refractivity contribution in [1.82, 2.24) is 25.3 Å². The molecule has 3 N–H and O–H groups in total. The molecule has 2 aromatic carbocycles. The van der Waals surface area contributed by atoms with Crippen molar-refractivity contribution in [2.45, 2.75) is 19.5 Å². The molecular formula is C25H27ClN6O4. The number of carbonyl (C=O) groups is 3. The molecule has 36 heavy (non-hydrogen) atoms. The molecular weight excluding hydrogens is 484 g/mol. The van der Waals surface area contributed by atoms with Crippen molar-refractivity contribution >= 4 is 35.1 Å². The van der Waals surface area contributed by atoms with E-state index in [-0.39, 0.29) is 44.7 Å². The molecule has 0 saturated carbocycles. The van der Waals surface area contributed by atoms with Gasteiger partial charge in [0, 0.05) is 43.8 Å². The minimum absolute atomic E-state index is 0.116. The Labute approximate surface area is 213 Å². The van der Waals surface area contributed by atoms with Gasteiger partial charge in [0.25, 0.3) is 5.91 Å². The summed E-state index contributed by atoms with van der Waals surface area (Å²) in [7, 11) is 0. The summed E-state index contributed by atoms with van der Waals surface area (Å²) in [4.78, 5) is 41.7. The summed E-state index contributed by atoms with van der Waals surface area (Å²) in [5, 5.41) is 18.4. The van der Waals surface area contributed by atoms with Gasteiger partial charge in [-0.05, 0) is 42.8 Å². The Balaban J connectivity index is 1.56. The number of amides is 4. The Hall–Kier alpha value is -3.89. The molecule has 0 spiro atoms. The van der Waals surface area contributed by atoms with Crippen molar-refractivity contribution < 1.29 is 19.5 Å². The van der Waals surface area contributed by atoms with Crippen LogP contribution >= 0.6 is 11.6 Å². The number of hydrogen-bond donors (Lipinski definition) is 3. The van der Waals surface area contributed by atoms with Gasteiger partial charge in [0.15, 0.2) is 0 Å². The second-order valence-corrected chi connectivity index (χ2v) is 8.78. The number of para-hydroxylation sites is 1. The van der Waals surface area contributed by atoms with Gasteiger partial charge < -0.3 is 25.5 Å². The second kappa shape index (κ2) is 11.2. The lowest BCUT2D eigenvalue weighted by Gasteiger charge is -2.29. The highest BCUT2D eigenvalue weighted by molar-refractivity contribution is 6.34. The third-order valence-electron chi connectivity index (χ3n) is 5.89. The van der Waals surface area contributed by atoms with Crippen molar-refractivity contribution in [1.29, 1.82) is 0 Å². The number of nitrogens with zero attached hydrogens (tertiary/aromatic N) is 4. The van der Waals surface area contributed by atoms with E-state index in [4.69, 9.17) is 16.7 Å². The third kappa shape index (κ3) is 5.50. The number of aliphatic hydroxyl groups excluding tert-OH is 1. The summed E-state index contributed by atoms with van der Waals surface area (Å²) in [6.07, 6.45) is 3.45. The molecule has 1 aromatic heterocycles. The number of fused-ring (bicyclic) bond motifs is 1. The maximum atomic E-state index is 13.7. The van der Waals surface area contributed by atoms with Gasteiger partial charge in [-0.1, -0.05) is 29.8 Å². The summed E-state index contributed by atoms with van der Waals surface area (Å²) in [5.74, 6) is -0.678. The zero-order valence-corrected chi connectivity index (χ0v) is 20.5. The van der Waals surface area contributed by atoms with Crippen LogP contribution in [0.25, 0.3) is 5.69 Å². The van der Waals surface area contributed by atoms with Crippen molar-refractivity contribution in [2.75, 3.05) is 31.1 Å². The summed E-state index contributed by atoms with van der Waals surface area (Å²) in [6, 6.07) is 13.6. The number of hydrogen-bond acceptors (Lipinski definition) is 5. The molecule has 0 saturated heterocycles. The number of benzene rings is 2. The van der Waals surface area contributed by atoms with Crippen LogP contribution in [0.3, 0.4) is 0 Å². The lowest BCUT2D eigenvalue weighted by Crippen LogP contribution is -2.50. The summed E-state index contributed by atoms with van der Waals surface area (Å²) >= 11 is 6.53. The highest BCUT2D eigenvalue weighted by atomic mass is 35.5. The van der Waals surface area contributed by atoms with Crippen molar-refractivity contribution in [3.63, 3.8) is 0 Å². The van der Waals surface area contributed by atoms with E-state index in [0.717, 1.165) is 11.3 Å². The first-order valence-electron chi connectivity index (χ1n) is 11.5. The number of carbonyl (C=O) groups excluding carboxylic acids is 3. The highest BCUT2D eigenvalue weighted by Crippen LogP contribution is 2.30. The van der Waals surface area contributed by atoms with Crippen LogP contribution in [0.5, 0.6) is 0 Å². The van der Waals surface area contributed by atoms with Gasteiger partial charge in [0.05, 0.1) is 29.4 Å². The molecule has 0 aliphatic carbocycles. The predicted molar refractivity (Wildman–Crippen MR) is 135 cm³/mol. The molecule has 4 rings (SSSR count). The Morgan fingerprint density at radius 3 is 2.67 bits per heavy atom. The number of nitrogens with one attached hydrogen (secondary N) is 2. The van der Waals surface area contributed by atoms with Crippen LogP contribution in [0.15, 0.2) is 60.9 Å². The lowest BCUT2D eigenvalue weighted by molar-refractivity contribution is -0.120. The summed E-state index contributed by atoms with van der Waals surface area (Å²) < 4.78 is 1.66. The van der Waals surface area contributed by atoms with Crippen LogP contribution in [0.2, 0.25) is 5.02 Å². The smallest absolute Gasteiger partial charge is 0.318 e. The molecule has 0 bridgehead atoms. The van der Waals surface area contributed by atoms with E-state index in [9.17, 15) is 14.4 Å². The predicted octanol–water partition coefficient (Wildman–Crippen LogP) is 2.19. The van der Waals surface area contributed by atoms with Crippen LogP contribution in [0.4, 0.5) is 10.5 Å². The molecule has 11 heteroatoms. The van der Waals surface area contributed by atoms with Crippen LogP contribution < -0.4 is 15.5 Å². The largest absolute Gasteiger partial charge is 0.395 e. The van der Waals surface area contributed by atoms with Crippen LogP contribution in [-0.2, 0) is 11.3 Å². The topological polar surface area (TPSA) is 120 Å². The quantitative estimate of drug-likeness (QED) is 0.469. The second-order valence-electron chi connectivity index (χ2n) is 8.37. The minimum Gasteiger partial charge on any atom is -0.395 e. The average Bonchev–Trinajstić information content (AvgIpc) is 3.38. The number of aromatic nitrogens is 2. The number of aliphatic hydroxyl groups is 1. The maximum absolute atomic E-state index is 13.7. The van der Waals surface area contributed by atoms with Gasteiger partial charge in [0.1, 0.15) is 0 Å². The highest BCUT2D eigenvalue weighted by Gasteiger charge is 2.32. The standard InChI is InChI=1S/C25H27ClN6O4/c1-17-15-31(24(35)20-8-7-19(13-21(20)26)32-11-4-9-29-32)22-6-3-2-5-18(22)16-30(17)25(36)28-14-23(34)27-10-12-33/h2-9,11,13,17,33H,10,12,14-16H2,1H3,(H,27,34)(H,28,36)/t17-/m1/s1. The lowest BCUT2D eigenvalue weighted by atomic mass is 10.1. The molecule has 188 valence electrons. The Morgan fingerprint density at radius 1 is 1.14 bits per heavy atom. The molecule has 4 amide bonds. The molecule has 0 radical (unpaired) electrons. The molecule has 10 nitrogen and oxygen atoms in total. The molecule has 1 aliphatic heterocycles. The van der Waals surface area contributed by atoms with Crippen molar-refractivity contribution in [3.8, 4) is 5.69 Å². The molecule has 1 atom stereocenters. The fourth-order valence-corrected chi connectivity index (χ4v) is 4.33. The van der Waals surface area contributed by atoms with E-state index in [0.29, 0.717) is 16.3 Å². The minimum atomic E-state index is -0.424. The first-order chi connectivity index (χ1) is 17.4. The molecule has 0 unspecified atom stereocenters. The normalized spacial score (nSPS) is 15.1. The van der Waals surface area contributed by atoms with E-state index >= 15 is 0 Å². The van der Waals surface area contributed by atoms with E-state index < -0.39 is 11.9 Å². The first kappa shape index (κ1) is 25.2. The Morgan fingerprint density at radius 2 is 1.94 bits per heavy atom. The third-order valence-corrected chi connectivity index (χ3v) is 6.21. The van der Waals surface area contributed by atoms with Crippen LogP contribution in [-0.4, -0.2) is 69.9 Å².